The Labute approximate surface area is 179 Å². The van der Waals surface area contributed by atoms with E-state index in [1.165, 1.54) is 31.5 Å². The van der Waals surface area contributed by atoms with Crippen molar-refractivity contribution < 1.29 is 9.53 Å². The van der Waals surface area contributed by atoms with Gasteiger partial charge in [0.15, 0.2) is 5.78 Å². The second-order valence-electron chi connectivity index (χ2n) is 8.17. The third-order valence-corrected chi connectivity index (χ3v) is 5.96. The van der Waals surface area contributed by atoms with E-state index in [-0.39, 0.29) is 5.78 Å². The molecule has 3 aromatic carbocycles. The van der Waals surface area contributed by atoms with Crippen LogP contribution in [0.2, 0.25) is 0 Å². The van der Waals surface area contributed by atoms with Crippen LogP contribution in [-0.2, 0) is 6.42 Å². The lowest BCUT2D eigenvalue weighted by atomic mass is 9.96. The third-order valence-electron chi connectivity index (χ3n) is 5.96. The zero-order valence-electron chi connectivity index (χ0n) is 17.7. The Bertz CT molecular complexity index is 961. The molecule has 0 N–H and O–H groups in total. The monoisotopic (exact) mass is 401 g/mol. The van der Waals surface area contributed by atoms with Crippen LogP contribution in [0.15, 0.2) is 66.7 Å². The second-order valence-corrected chi connectivity index (χ2v) is 8.17. The predicted molar refractivity (Wildman–Crippen MR) is 123 cm³/mol. The summed E-state index contributed by atoms with van der Waals surface area (Å²) in [6.45, 7) is 4.15. The smallest absolute Gasteiger partial charge is 0.167 e. The molecule has 30 heavy (non-hydrogen) atoms. The highest BCUT2D eigenvalue weighted by molar-refractivity contribution is 6.10. The molecule has 0 aromatic heterocycles. The van der Waals surface area contributed by atoms with E-state index in [9.17, 15) is 4.79 Å². The first kappa shape index (κ1) is 20.6. The van der Waals surface area contributed by atoms with Gasteiger partial charge in [-0.25, -0.2) is 0 Å². The lowest BCUT2D eigenvalue weighted by Crippen LogP contribution is -2.22. The number of carbonyl (C=O) groups excluding carboxylic acids is 1. The van der Waals surface area contributed by atoms with Gasteiger partial charge in [-0.15, -0.1) is 0 Å². The van der Waals surface area contributed by atoms with Crippen LogP contribution in [0.1, 0.15) is 48.0 Å². The first-order valence-corrected chi connectivity index (χ1v) is 11.3. The summed E-state index contributed by atoms with van der Waals surface area (Å²) in [7, 11) is 0. The molecular formula is C27H31NO2. The van der Waals surface area contributed by atoms with Crippen molar-refractivity contribution in [2.24, 2.45) is 0 Å². The molecule has 3 heteroatoms. The Morgan fingerprint density at radius 2 is 1.63 bits per heavy atom. The molecule has 0 saturated carbocycles. The molecule has 0 aliphatic carbocycles. The Morgan fingerprint density at radius 3 is 2.47 bits per heavy atom. The van der Waals surface area contributed by atoms with Crippen molar-refractivity contribution in [3.63, 3.8) is 0 Å². The summed E-state index contributed by atoms with van der Waals surface area (Å²) in [5.41, 5.74) is 2.03. The average molecular weight is 402 g/mol. The zero-order chi connectivity index (χ0) is 20.6. The molecule has 0 amide bonds. The van der Waals surface area contributed by atoms with E-state index in [0.29, 0.717) is 13.0 Å². The van der Waals surface area contributed by atoms with Crippen LogP contribution in [0.3, 0.4) is 0 Å². The topological polar surface area (TPSA) is 29.5 Å². The molecule has 0 atom stereocenters. The first-order valence-electron chi connectivity index (χ1n) is 11.3. The largest absolute Gasteiger partial charge is 0.493 e. The number of nitrogens with zero attached hydrogens (tertiary/aromatic N) is 1. The number of ketones is 1. The third kappa shape index (κ3) is 5.28. The second kappa shape index (κ2) is 10.4. The number of rotatable bonds is 10. The lowest BCUT2D eigenvalue weighted by molar-refractivity contribution is 0.0977. The van der Waals surface area contributed by atoms with E-state index in [1.807, 2.05) is 30.3 Å². The van der Waals surface area contributed by atoms with E-state index >= 15 is 0 Å². The maximum Gasteiger partial charge on any atom is 0.167 e. The summed E-state index contributed by atoms with van der Waals surface area (Å²) in [6, 6.07) is 22.5. The van der Waals surface area contributed by atoms with Gasteiger partial charge in [0.1, 0.15) is 5.75 Å². The van der Waals surface area contributed by atoms with Crippen molar-refractivity contribution in [2.75, 3.05) is 26.2 Å². The molecule has 3 nitrogen and oxygen atoms in total. The number of ether oxygens (including phenoxy) is 1. The van der Waals surface area contributed by atoms with Crippen LogP contribution in [0.4, 0.5) is 0 Å². The summed E-state index contributed by atoms with van der Waals surface area (Å²) in [6.07, 6.45) is 5.92. The highest BCUT2D eigenvalue weighted by Crippen LogP contribution is 2.30. The number of hydrogen-bond donors (Lipinski definition) is 0. The van der Waals surface area contributed by atoms with Crippen LogP contribution in [-0.4, -0.2) is 36.9 Å². The fourth-order valence-corrected chi connectivity index (χ4v) is 4.36. The highest BCUT2D eigenvalue weighted by Gasteiger charge is 2.17. The van der Waals surface area contributed by atoms with Crippen LogP contribution in [0, 0.1) is 0 Å². The molecule has 0 bridgehead atoms. The van der Waals surface area contributed by atoms with Gasteiger partial charge in [-0.1, -0.05) is 60.7 Å². The van der Waals surface area contributed by atoms with Crippen LogP contribution in [0.5, 0.6) is 5.75 Å². The van der Waals surface area contributed by atoms with Gasteiger partial charge in [-0.2, -0.15) is 0 Å². The van der Waals surface area contributed by atoms with Gasteiger partial charge in [0, 0.05) is 13.0 Å². The van der Waals surface area contributed by atoms with E-state index in [4.69, 9.17) is 4.74 Å². The van der Waals surface area contributed by atoms with E-state index in [1.54, 1.807) is 0 Å². The molecule has 0 spiro atoms. The van der Waals surface area contributed by atoms with Crippen LogP contribution in [0.25, 0.3) is 10.8 Å². The summed E-state index contributed by atoms with van der Waals surface area (Å²) in [5.74, 6) is 0.914. The van der Waals surface area contributed by atoms with Gasteiger partial charge < -0.3 is 9.64 Å². The molecule has 1 fully saturated rings. The van der Waals surface area contributed by atoms with Gasteiger partial charge in [0.05, 0.1) is 12.2 Å². The van der Waals surface area contributed by atoms with E-state index < -0.39 is 0 Å². The van der Waals surface area contributed by atoms with Crippen LogP contribution < -0.4 is 4.74 Å². The van der Waals surface area contributed by atoms with Gasteiger partial charge >= 0.3 is 0 Å². The molecule has 0 radical (unpaired) electrons. The minimum atomic E-state index is 0.178. The molecule has 1 heterocycles. The molecule has 1 aliphatic rings. The number of Topliss-reactive ketones (excluding diaryl/α,β-unsaturated/α-hetero) is 1. The Balaban J connectivity index is 1.43. The molecule has 4 rings (SSSR count). The Kier molecular flexibility index (Phi) is 7.15. The molecule has 0 unspecified atom stereocenters. The molecule has 3 aromatic rings. The highest BCUT2D eigenvalue weighted by atomic mass is 16.5. The number of hydrogen-bond acceptors (Lipinski definition) is 3. The standard InChI is InChI=1S/C27H31NO2/c29-25(15-8-12-22-10-2-1-3-11-22)27-24-14-5-4-13-23(24)16-17-26(27)30-21-9-20-28-18-6-7-19-28/h1-5,10-11,13-14,16-17H,6-9,12,15,18-21H2. The summed E-state index contributed by atoms with van der Waals surface area (Å²) < 4.78 is 6.14. The number of likely N-dealkylation sites (tertiary alicyclic amines) is 1. The molecular weight excluding hydrogens is 370 g/mol. The maximum absolute atomic E-state index is 13.2. The van der Waals surface area contributed by atoms with E-state index in [2.05, 4.69) is 41.3 Å². The number of benzene rings is 3. The quantitative estimate of drug-likeness (QED) is 0.312. The number of carbonyl (C=O) groups is 1. The maximum atomic E-state index is 13.2. The van der Waals surface area contributed by atoms with Crippen molar-refractivity contribution in [3.8, 4) is 5.75 Å². The minimum absolute atomic E-state index is 0.178. The van der Waals surface area contributed by atoms with Crippen LogP contribution >= 0.6 is 0 Å². The van der Waals surface area contributed by atoms with Gasteiger partial charge in [0.25, 0.3) is 0 Å². The van der Waals surface area contributed by atoms with Crippen molar-refractivity contribution in [2.45, 2.75) is 38.5 Å². The fraction of sp³-hybridized carbons (Fsp3) is 0.370. The summed E-state index contributed by atoms with van der Waals surface area (Å²) >= 11 is 0. The van der Waals surface area contributed by atoms with Gasteiger partial charge in [0.2, 0.25) is 0 Å². The number of aryl methyl sites for hydroxylation is 1. The Hall–Kier alpha value is -2.65. The average Bonchev–Trinajstić information content (AvgIpc) is 3.30. The van der Waals surface area contributed by atoms with Crippen molar-refractivity contribution in [3.05, 3.63) is 77.9 Å². The first-order chi connectivity index (χ1) is 14.8. The Morgan fingerprint density at radius 1 is 0.867 bits per heavy atom. The lowest BCUT2D eigenvalue weighted by Gasteiger charge is -2.16. The van der Waals surface area contributed by atoms with Gasteiger partial charge in [-0.3, -0.25) is 4.79 Å². The van der Waals surface area contributed by atoms with Crippen molar-refractivity contribution >= 4 is 16.6 Å². The van der Waals surface area contributed by atoms with Crippen molar-refractivity contribution in [1.29, 1.82) is 0 Å². The summed E-state index contributed by atoms with van der Waals surface area (Å²) in [5, 5.41) is 2.09. The zero-order valence-corrected chi connectivity index (χ0v) is 17.7. The molecule has 1 aliphatic heterocycles. The number of fused-ring (bicyclic) bond motifs is 1. The molecule has 156 valence electrons. The predicted octanol–water partition coefficient (Wildman–Crippen LogP) is 5.91. The minimum Gasteiger partial charge on any atom is -0.493 e. The fourth-order valence-electron chi connectivity index (χ4n) is 4.36. The van der Waals surface area contributed by atoms with E-state index in [0.717, 1.165) is 47.9 Å². The molecule has 1 saturated heterocycles. The normalized spacial score (nSPS) is 14.3. The van der Waals surface area contributed by atoms with Gasteiger partial charge in [-0.05, 0) is 67.6 Å². The van der Waals surface area contributed by atoms with Crippen molar-refractivity contribution in [1.82, 2.24) is 4.90 Å². The SMILES string of the molecule is O=C(CCCc1ccccc1)c1c(OCCCN2CCCC2)ccc2ccccc12. The summed E-state index contributed by atoms with van der Waals surface area (Å²) in [4.78, 5) is 15.7.